The van der Waals surface area contributed by atoms with E-state index in [4.69, 9.17) is 5.73 Å². The van der Waals surface area contributed by atoms with Gasteiger partial charge in [0.05, 0.1) is 11.3 Å². The number of aromatic nitrogens is 1. The first kappa shape index (κ1) is 21.5. The quantitative estimate of drug-likeness (QED) is 0.526. The standard InChI is InChI=1S/C25H27BrN4O/c26-23-6-4-18(5-7-23)15-29-24-13-22(16-28-17-24)25(31)30-10-8-20(9-11-30)21-3-1-2-19(12-21)14-27/h1-7,12-13,16-17,20,29H,8-11,14-15,27H2. The summed E-state index contributed by atoms with van der Waals surface area (Å²) in [6.45, 7) is 2.75. The number of likely N-dealkylation sites (tertiary alicyclic amines) is 1. The average Bonchev–Trinajstić information content (AvgIpc) is 2.83. The number of nitrogens with zero attached hydrogens (tertiary/aromatic N) is 2. The summed E-state index contributed by atoms with van der Waals surface area (Å²) in [5.74, 6) is 0.529. The minimum atomic E-state index is 0.0500. The lowest BCUT2D eigenvalue weighted by Gasteiger charge is -2.32. The Morgan fingerprint density at radius 3 is 2.58 bits per heavy atom. The van der Waals surface area contributed by atoms with Gasteiger partial charge in [-0.25, -0.2) is 0 Å². The number of benzene rings is 2. The lowest BCUT2D eigenvalue weighted by molar-refractivity contribution is 0.0712. The number of nitrogens with one attached hydrogen (secondary N) is 1. The first-order valence-electron chi connectivity index (χ1n) is 10.6. The Balaban J connectivity index is 1.35. The summed E-state index contributed by atoms with van der Waals surface area (Å²) in [4.78, 5) is 19.3. The third-order valence-corrected chi connectivity index (χ3v) is 6.36. The van der Waals surface area contributed by atoms with E-state index < -0.39 is 0 Å². The maximum atomic E-state index is 13.0. The van der Waals surface area contributed by atoms with Crippen LogP contribution in [0.3, 0.4) is 0 Å². The van der Waals surface area contributed by atoms with Crippen molar-refractivity contribution in [2.75, 3.05) is 18.4 Å². The molecule has 0 spiro atoms. The van der Waals surface area contributed by atoms with Crippen molar-refractivity contribution in [1.82, 2.24) is 9.88 Å². The van der Waals surface area contributed by atoms with Crippen LogP contribution in [0, 0.1) is 0 Å². The van der Waals surface area contributed by atoms with E-state index in [0.717, 1.165) is 41.7 Å². The molecule has 1 saturated heterocycles. The number of hydrogen-bond acceptors (Lipinski definition) is 4. The molecule has 4 rings (SSSR count). The van der Waals surface area contributed by atoms with Crippen molar-refractivity contribution in [1.29, 1.82) is 0 Å². The molecule has 1 fully saturated rings. The van der Waals surface area contributed by atoms with E-state index in [-0.39, 0.29) is 5.91 Å². The highest BCUT2D eigenvalue weighted by molar-refractivity contribution is 9.10. The van der Waals surface area contributed by atoms with Crippen LogP contribution < -0.4 is 11.1 Å². The molecule has 31 heavy (non-hydrogen) atoms. The van der Waals surface area contributed by atoms with Crippen molar-refractivity contribution in [3.8, 4) is 0 Å². The highest BCUT2D eigenvalue weighted by atomic mass is 79.9. The van der Waals surface area contributed by atoms with Crippen LogP contribution in [0.15, 0.2) is 71.5 Å². The number of amides is 1. The van der Waals surface area contributed by atoms with Crippen LogP contribution >= 0.6 is 15.9 Å². The Morgan fingerprint density at radius 2 is 1.84 bits per heavy atom. The van der Waals surface area contributed by atoms with E-state index in [9.17, 15) is 4.79 Å². The Hall–Kier alpha value is -2.70. The molecule has 2 aromatic carbocycles. The van der Waals surface area contributed by atoms with Gasteiger partial charge in [-0.1, -0.05) is 52.3 Å². The first-order valence-corrected chi connectivity index (χ1v) is 11.4. The minimum absolute atomic E-state index is 0.0500. The summed E-state index contributed by atoms with van der Waals surface area (Å²) in [6, 6.07) is 18.6. The van der Waals surface area contributed by atoms with Crippen LogP contribution in [-0.4, -0.2) is 28.9 Å². The van der Waals surface area contributed by atoms with Crippen LogP contribution in [0.2, 0.25) is 0 Å². The number of hydrogen-bond donors (Lipinski definition) is 2. The highest BCUT2D eigenvalue weighted by Gasteiger charge is 2.25. The molecule has 1 aliphatic heterocycles. The number of nitrogens with two attached hydrogens (primary N) is 1. The summed E-state index contributed by atoms with van der Waals surface area (Å²) in [5.41, 5.74) is 10.9. The molecule has 0 unspecified atom stereocenters. The summed E-state index contributed by atoms with van der Waals surface area (Å²) >= 11 is 3.45. The molecule has 0 bridgehead atoms. The van der Waals surface area contributed by atoms with Gasteiger partial charge in [0.15, 0.2) is 0 Å². The van der Waals surface area contributed by atoms with E-state index in [0.29, 0.717) is 24.6 Å². The van der Waals surface area contributed by atoms with Crippen molar-refractivity contribution in [2.24, 2.45) is 5.73 Å². The molecule has 3 aromatic rings. The highest BCUT2D eigenvalue weighted by Crippen LogP contribution is 2.29. The van der Waals surface area contributed by atoms with E-state index in [1.807, 2.05) is 23.1 Å². The van der Waals surface area contributed by atoms with Gasteiger partial charge in [-0.15, -0.1) is 0 Å². The lowest BCUT2D eigenvalue weighted by Crippen LogP contribution is -2.38. The number of carbonyl (C=O) groups excluding carboxylic acids is 1. The number of rotatable bonds is 6. The number of pyridine rings is 1. The average molecular weight is 479 g/mol. The van der Waals surface area contributed by atoms with Gasteiger partial charge in [-0.2, -0.15) is 0 Å². The van der Waals surface area contributed by atoms with Crippen LogP contribution in [0.25, 0.3) is 0 Å². The van der Waals surface area contributed by atoms with Crippen molar-refractivity contribution in [3.63, 3.8) is 0 Å². The Kier molecular flexibility index (Phi) is 6.99. The number of piperidine rings is 1. The maximum Gasteiger partial charge on any atom is 0.255 e. The zero-order chi connectivity index (χ0) is 21.6. The number of carbonyl (C=O) groups is 1. The lowest BCUT2D eigenvalue weighted by atomic mass is 9.88. The fourth-order valence-electron chi connectivity index (χ4n) is 4.03. The number of halogens is 1. The van der Waals surface area contributed by atoms with E-state index >= 15 is 0 Å². The van der Waals surface area contributed by atoms with Crippen LogP contribution in [0.5, 0.6) is 0 Å². The molecule has 160 valence electrons. The normalized spacial score (nSPS) is 14.5. The van der Waals surface area contributed by atoms with Gasteiger partial charge < -0.3 is 16.0 Å². The largest absolute Gasteiger partial charge is 0.380 e. The van der Waals surface area contributed by atoms with Gasteiger partial charge >= 0.3 is 0 Å². The van der Waals surface area contributed by atoms with Gasteiger partial charge in [0.1, 0.15) is 0 Å². The molecule has 6 heteroatoms. The molecule has 5 nitrogen and oxygen atoms in total. The first-order chi connectivity index (χ1) is 15.1. The zero-order valence-electron chi connectivity index (χ0n) is 17.4. The fourth-order valence-corrected chi connectivity index (χ4v) is 4.30. The monoisotopic (exact) mass is 478 g/mol. The van der Waals surface area contributed by atoms with E-state index in [1.54, 1.807) is 12.4 Å². The molecule has 3 N–H and O–H groups in total. The minimum Gasteiger partial charge on any atom is -0.380 e. The molecule has 0 aliphatic carbocycles. The Morgan fingerprint density at radius 1 is 1.06 bits per heavy atom. The molecule has 1 amide bonds. The van der Waals surface area contributed by atoms with Crippen molar-refractivity contribution >= 4 is 27.5 Å². The van der Waals surface area contributed by atoms with Crippen LogP contribution in [0.4, 0.5) is 5.69 Å². The van der Waals surface area contributed by atoms with E-state index in [1.165, 1.54) is 11.1 Å². The van der Waals surface area contributed by atoms with Crippen molar-refractivity contribution in [3.05, 3.63) is 93.7 Å². The van der Waals surface area contributed by atoms with Gasteiger partial charge in [0.2, 0.25) is 0 Å². The van der Waals surface area contributed by atoms with Gasteiger partial charge in [-0.3, -0.25) is 9.78 Å². The maximum absolute atomic E-state index is 13.0. The second-order valence-electron chi connectivity index (χ2n) is 7.96. The molecule has 1 aliphatic rings. The molecule has 0 saturated carbocycles. The van der Waals surface area contributed by atoms with Gasteiger partial charge in [-0.05, 0) is 53.6 Å². The van der Waals surface area contributed by atoms with Gasteiger partial charge in [0, 0.05) is 43.0 Å². The third kappa shape index (κ3) is 5.51. The predicted molar refractivity (Wildman–Crippen MR) is 128 cm³/mol. The number of anilines is 1. The molecular weight excluding hydrogens is 452 g/mol. The molecule has 0 radical (unpaired) electrons. The second-order valence-corrected chi connectivity index (χ2v) is 8.87. The topological polar surface area (TPSA) is 71.2 Å². The fraction of sp³-hybridized carbons (Fsp3) is 0.280. The zero-order valence-corrected chi connectivity index (χ0v) is 19.0. The molecular formula is C25H27BrN4O. The Labute approximate surface area is 191 Å². The smallest absolute Gasteiger partial charge is 0.255 e. The molecule has 2 heterocycles. The summed E-state index contributed by atoms with van der Waals surface area (Å²) in [5, 5.41) is 3.36. The van der Waals surface area contributed by atoms with E-state index in [2.05, 4.69) is 62.6 Å². The summed E-state index contributed by atoms with van der Waals surface area (Å²) < 4.78 is 1.06. The van der Waals surface area contributed by atoms with Crippen LogP contribution in [0.1, 0.15) is 45.8 Å². The third-order valence-electron chi connectivity index (χ3n) is 5.84. The second kappa shape index (κ2) is 10.1. The Bertz CT molecular complexity index is 1030. The summed E-state index contributed by atoms with van der Waals surface area (Å²) in [6.07, 6.45) is 5.35. The van der Waals surface area contributed by atoms with Gasteiger partial charge in [0.25, 0.3) is 5.91 Å². The van der Waals surface area contributed by atoms with Crippen LogP contribution in [-0.2, 0) is 13.1 Å². The summed E-state index contributed by atoms with van der Waals surface area (Å²) in [7, 11) is 0. The molecule has 0 atom stereocenters. The molecule has 1 aromatic heterocycles. The van der Waals surface area contributed by atoms with Crippen molar-refractivity contribution < 1.29 is 4.79 Å². The van der Waals surface area contributed by atoms with Crippen molar-refractivity contribution in [2.45, 2.75) is 31.8 Å². The SMILES string of the molecule is NCc1cccc(C2CCN(C(=O)c3cncc(NCc4ccc(Br)cc4)c3)CC2)c1. The predicted octanol–water partition coefficient (Wildman–Crippen LogP) is 4.93.